The number of carbonyl (C=O) groups is 2. The first-order chi connectivity index (χ1) is 7.08. The average molecular weight is 208 g/mol. The van der Waals surface area contributed by atoms with Crippen molar-refractivity contribution < 1.29 is 14.3 Å². The maximum Gasteiger partial charge on any atom is 0.303 e. The summed E-state index contributed by atoms with van der Waals surface area (Å²) in [6.07, 6.45) is 4.50. The van der Waals surface area contributed by atoms with Gasteiger partial charge < -0.3 is 4.74 Å². The first kappa shape index (κ1) is 9.37. The van der Waals surface area contributed by atoms with E-state index in [2.05, 4.69) is 0 Å². The number of hydrogen-bond donors (Lipinski definition) is 0. The van der Waals surface area contributed by atoms with Crippen molar-refractivity contribution in [3.63, 3.8) is 0 Å². The normalized spacial score (nSPS) is 47.0. The van der Waals surface area contributed by atoms with Crippen LogP contribution in [0, 0.1) is 17.8 Å². The van der Waals surface area contributed by atoms with Crippen molar-refractivity contribution in [1.29, 1.82) is 0 Å². The molecular formula is C12H16O3. The lowest BCUT2D eigenvalue weighted by Crippen LogP contribution is -2.40. The second-order valence-electron chi connectivity index (χ2n) is 5.51. The Morgan fingerprint density at radius 1 is 1.33 bits per heavy atom. The third-order valence-corrected chi connectivity index (χ3v) is 4.42. The maximum atomic E-state index is 11.7. The molecule has 4 atom stereocenters. The SMILES string of the molecule is CC(=O)O[C@@]12C[C@H]3C[C@@H](C1)[C@H](CC3=O)C2. The summed E-state index contributed by atoms with van der Waals surface area (Å²) in [4.78, 5) is 22.8. The fraction of sp³-hybridized carbons (Fsp3) is 0.833. The van der Waals surface area contributed by atoms with Crippen LogP contribution in [0.25, 0.3) is 0 Å². The second-order valence-corrected chi connectivity index (χ2v) is 5.51. The number of rotatable bonds is 1. The number of hydrogen-bond acceptors (Lipinski definition) is 3. The van der Waals surface area contributed by atoms with Gasteiger partial charge in [0.05, 0.1) is 0 Å². The zero-order chi connectivity index (χ0) is 10.6. The van der Waals surface area contributed by atoms with E-state index in [1.165, 1.54) is 6.92 Å². The molecule has 82 valence electrons. The Hall–Kier alpha value is -0.860. The minimum Gasteiger partial charge on any atom is -0.459 e. The van der Waals surface area contributed by atoms with Crippen LogP contribution in [0.5, 0.6) is 0 Å². The predicted octanol–water partition coefficient (Wildman–Crippen LogP) is 1.70. The number of esters is 1. The van der Waals surface area contributed by atoms with Crippen LogP contribution in [0.15, 0.2) is 0 Å². The van der Waals surface area contributed by atoms with E-state index in [1.54, 1.807) is 0 Å². The first-order valence-corrected chi connectivity index (χ1v) is 5.80. The Labute approximate surface area is 89.2 Å². The van der Waals surface area contributed by atoms with Gasteiger partial charge in [0.25, 0.3) is 0 Å². The van der Waals surface area contributed by atoms with Crippen molar-refractivity contribution in [2.45, 2.75) is 44.6 Å². The molecule has 0 amide bonds. The van der Waals surface area contributed by atoms with Gasteiger partial charge in [-0.05, 0) is 37.5 Å². The Kier molecular flexibility index (Phi) is 1.77. The van der Waals surface area contributed by atoms with Crippen LogP contribution in [0.1, 0.15) is 39.0 Å². The topological polar surface area (TPSA) is 43.4 Å². The molecule has 3 aliphatic carbocycles. The summed E-state index contributed by atoms with van der Waals surface area (Å²) < 4.78 is 5.51. The zero-order valence-electron chi connectivity index (χ0n) is 8.99. The van der Waals surface area contributed by atoms with Crippen molar-refractivity contribution >= 4 is 11.8 Å². The fourth-order valence-corrected chi connectivity index (χ4v) is 4.05. The summed E-state index contributed by atoms with van der Waals surface area (Å²) in [5.74, 6) is 1.53. The molecule has 0 saturated heterocycles. The molecule has 0 aromatic rings. The molecule has 15 heavy (non-hydrogen) atoms. The Morgan fingerprint density at radius 3 is 2.80 bits per heavy atom. The third kappa shape index (κ3) is 1.32. The van der Waals surface area contributed by atoms with Crippen molar-refractivity contribution in [3.8, 4) is 0 Å². The van der Waals surface area contributed by atoms with Gasteiger partial charge in [0.2, 0.25) is 0 Å². The molecule has 0 N–H and O–H groups in total. The summed E-state index contributed by atoms with van der Waals surface area (Å²) in [6, 6.07) is 0. The quantitative estimate of drug-likeness (QED) is 0.616. The van der Waals surface area contributed by atoms with Crippen molar-refractivity contribution in [2.24, 2.45) is 17.8 Å². The number of Topliss-reactive ketones (excluding diaryl/α,β-unsaturated/α-hetero) is 1. The lowest BCUT2D eigenvalue weighted by Gasteiger charge is -2.37. The second kappa shape index (κ2) is 2.83. The van der Waals surface area contributed by atoms with E-state index in [4.69, 9.17) is 4.74 Å². The molecule has 3 aliphatic rings. The smallest absolute Gasteiger partial charge is 0.303 e. The molecule has 0 aromatic carbocycles. The molecule has 0 heterocycles. The molecule has 0 aliphatic heterocycles. The largest absolute Gasteiger partial charge is 0.459 e. The van der Waals surface area contributed by atoms with Gasteiger partial charge in [0, 0.05) is 19.3 Å². The molecule has 0 aromatic heterocycles. The van der Waals surface area contributed by atoms with Crippen molar-refractivity contribution in [2.75, 3.05) is 0 Å². The average Bonchev–Trinajstić information content (AvgIpc) is 2.29. The lowest BCUT2D eigenvalue weighted by molar-refractivity contribution is -0.161. The van der Waals surface area contributed by atoms with E-state index >= 15 is 0 Å². The van der Waals surface area contributed by atoms with Crippen LogP contribution in [-0.2, 0) is 14.3 Å². The minimum atomic E-state index is -0.268. The Morgan fingerprint density at radius 2 is 2.07 bits per heavy atom. The summed E-state index contributed by atoms with van der Waals surface area (Å²) in [5, 5.41) is 0. The number of fused-ring (bicyclic) bond motifs is 2. The molecule has 3 bridgehead atoms. The molecule has 3 nitrogen and oxygen atoms in total. The van der Waals surface area contributed by atoms with Crippen LogP contribution in [0.2, 0.25) is 0 Å². The monoisotopic (exact) mass is 208 g/mol. The molecule has 3 fully saturated rings. The summed E-state index contributed by atoms with van der Waals surface area (Å²) in [5.41, 5.74) is -0.268. The van der Waals surface area contributed by atoms with E-state index in [0.29, 0.717) is 17.6 Å². The van der Waals surface area contributed by atoms with Crippen molar-refractivity contribution in [3.05, 3.63) is 0 Å². The van der Waals surface area contributed by atoms with Gasteiger partial charge in [-0.3, -0.25) is 9.59 Å². The highest BCUT2D eigenvalue weighted by atomic mass is 16.6. The summed E-state index contributed by atoms with van der Waals surface area (Å²) in [6.45, 7) is 1.47. The van der Waals surface area contributed by atoms with Gasteiger partial charge in [-0.25, -0.2) is 0 Å². The van der Waals surface area contributed by atoms with E-state index in [9.17, 15) is 9.59 Å². The highest BCUT2D eigenvalue weighted by molar-refractivity contribution is 5.83. The maximum absolute atomic E-state index is 11.7. The highest BCUT2D eigenvalue weighted by Gasteiger charge is 2.57. The van der Waals surface area contributed by atoms with E-state index in [-0.39, 0.29) is 17.5 Å². The van der Waals surface area contributed by atoms with Crippen LogP contribution < -0.4 is 0 Å². The third-order valence-electron chi connectivity index (χ3n) is 4.42. The van der Waals surface area contributed by atoms with Crippen molar-refractivity contribution in [1.82, 2.24) is 0 Å². The van der Waals surface area contributed by atoms with E-state index in [1.807, 2.05) is 0 Å². The Balaban J connectivity index is 1.89. The number of carbonyl (C=O) groups excluding carboxylic acids is 2. The highest BCUT2D eigenvalue weighted by Crippen LogP contribution is 2.57. The Bertz CT molecular complexity index is 336. The van der Waals surface area contributed by atoms with Gasteiger partial charge >= 0.3 is 5.97 Å². The molecule has 3 heteroatoms. The van der Waals surface area contributed by atoms with Gasteiger partial charge in [0.15, 0.2) is 0 Å². The molecule has 0 spiro atoms. The van der Waals surface area contributed by atoms with Gasteiger partial charge in [-0.15, -0.1) is 0 Å². The van der Waals surface area contributed by atoms with Crippen LogP contribution in [-0.4, -0.2) is 17.4 Å². The van der Waals surface area contributed by atoms with Crippen LogP contribution >= 0.6 is 0 Å². The fourth-order valence-electron chi connectivity index (χ4n) is 4.05. The van der Waals surface area contributed by atoms with Gasteiger partial charge in [-0.1, -0.05) is 0 Å². The molecule has 0 unspecified atom stereocenters. The molecular weight excluding hydrogens is 192 g/mol. The summed E-state index contributed by atoms with van der Waals surface area (Å²) in [7, 11) is 0. The molecule has 3 saturated carbocycles. The lowest BCUT2D eigenvalue weighted by atomic mass is 9.70. The van der Waals surface area contributed by atoms with E-state index in [0.717, 1.165) is 32.1 Å². The molecule has 3 rings (SSSR count). The first-order valence-electron chi connectivity index (χ1n) is 5.80. The summed E-state index contributed by atoms with van der Waals surface area (Å²) >= 11 is 0. The zero-order valence-corrected chi connectivity index (χ0v) is 8.99. The number of ether oxygens (including phenoxy) is 1. The van der Waals surface area contributed by atoms with E-state index < -0.39 is 0 Å². The number of ketones is 1. The standard InChI is InChI=1S/C12H16O3/c1-7(13)15-12-4-8-2-10(6-12)11(14)3-9(8)5-12/h8-10H,2-6H2,1H3/t8-,9+,10+,12-/m0/s1. The predicted molar refractivity (Wildman–Crippen MR) is 53.1 cm³/mol. The van der Waals surface area contributed by atoms with Crippen LogP contribution in [0.4, 0.5) is 0 Å². The van der Waals surface area contributed by atoms with Crippen LogP contribution in [0.3, 0.4) is 0 Å². The molecule has 0 radical (unpaired) electrons. The minimum absolute atomic E-state index is 0.182. The van der Waals surface area contributed by atoms with Gasteiger partial charge in [0.1, 0.15) is 11.4 Å². The van der Waals surface area contributed by atoms with Gasteiger partial charge in [-0.2, -0.15) is 0 Å².